The molecule has 2 aromatic rings. The number of hydrogen-bond acceptors (Lipinski definition) is 5. The van der Waals surface area contributed by atoms with Gasteiger partial charge in [-0.25, -0.2) is 0 Å². The Kier molecular flexibility index (Phi) is 3.94. The van der Waals surface area contributed by atoms with Crippen molar-refractivity contribution in [2.75, 3.05) is 13.2 Å². The number of para-hydroxylation sites is 2. The van der Waals surface area contributed by atoms with Gasteiger partial charge in [0.25, 0.3) is 5.91 Å². The van der Waals surface area contributed by atoms with E-state index in [0.717, 1.165) is 17.7 Å². The molecule has 0 saturated heterocycles. The van der Waals surface area contributed by atoms with Gasteiger partial charge in [-0.3, -0.25) is 4.79 Å². The predicted molar refractivity (Wildman–Crippen MR) is 90.3 cm³/mol. The molecular formula is C18H19NO4S. The summed E-state index contributed by atoms with van der Waals surface area (Å²) in [5.74, 6) is 1.16. The fourth-order valence-electron chi connectivity index (χ4n) is 3.00. The number of aliphatic hydroxyl groups is 1. The van der Waals surface area contributed by atoms with E-state index in [1.54, 1.807) is 6.07 Å². The van der Waals surface area contributed by atoms with Gasteiger partial charge < -0.3 is 19.9 Å². The standard InChI is InChI=1S/C18H19NO4S/c20-17(15-10-22-13-4-1-2-5-14(13)23-15)19-11-18(21,12-7-8-12)16-6-3-9-24-16/h1-6,9,12,15,21H,7-8,10-11H2,(H,19,20)/t15-,18-/m1/s1. The third-order valence-corrected chi connectivity index (χ3v) is 5.57. The Morgan fingerprint density at radius 3 is 2.75 bits per heavy atom. The minimum atomic E-state index is -0.989. The van der Waals surface area contributed by atoms with E-state index in [1.807, 2.05) is 35.7 Å². The summed E-state index contributed by atoms with van der Waals surface area (Å²) in [6, 6.07) is 11.1. The number of carbonyl (C=O) groups excluding carboxylic acids is 1. The van der Waals surface area contributed by atoms with Crippen LogP contribution in [0.4, 0.5) is 0 Å². The van der Waals surface area contributed by atoms with E-state index in [4.69, 9.17) is 9.47 Å². The lowest BCUT2D eigenvalue weighted by Crippen LogP contribution is -2.49. The number of benzene rings is 1. The normalized spacial score (nSPS) is 21.8. The van der Waals surface area contributed by atoms with Crippen LogP contribution in [0.15, 0.2) is 41.8 Å². The largest absolute Gasteiger partial charge is 0.485 e. The quantitative estimate of drug-likeness (QED) is 0.873. The van der Waals surface area contributed by atoms with Crippen molar-refractivity contribution in [3.63, 3.8) is 0 Å². The fraction of sp³-hybridized carbons (Fsp3) is 0.389. The zero-order valence-electron chi connectivity index (χ0n) is 13.1. The molecule has 2 atom stereocenters. The van der Waals surface area contributed by atoms with Crippen molar-refractivity contribution < 1.29 is 19.4 Å². The van der Waals surface area contributed by atoms with Crippen LogP contribution in [-0.4, -0.2) is 30.3 Å². The summed E-state index contributed by atoms with van der Waals surface area (Å²) in [5.41, 5.74) is -0.989. The predicted octanol–water partition coefficient (Wildman–Crippen LogP) is 2.30. The van der Waals surface area contributed by atoms with Gasteiger partial charge in [-0.05, 0) is 42.3 Å². The van der Waals surface area contributed by atoms with Gasteiger partial charge in [-0.1, -0.05) is 18.2 Å². The lowest BCUT2D eigenvalue weighted by Gasteiger charge is -2.30. The highest BCUT2D eigenvalue weighted by molar-refractivity contribution is 7.10. The molecule has 1 aliphatic heterocycles. The van der Waals surface area contributed by atoms with Crippen LogP contribution in [0.25, 0.3) is 0 Å². The molecule has 1 amide bonds. The van der Waals surface area contributed by atoms with E-state index in [2.05, 4.69) is 5.32 Å². The number of ether oxygens (including phenoxy) is 2. The summed E-state index contributed by atoms with van der Waals surface area (Å²) in [6.45, 7) is 0.363. The van der Waals surface area contributed by atoms with Crippen molar-refractivity contribution >= 4 is 17.2 Å². The lowest BCUT2D eigenvalue weighted by atomic mass is 9.95. The van der Waals surface area contributed by atoms with E-state index < -0.39 is 11.7 Å². The van der Waals surface area contributed by atoms with Crippen molar-refractivity contribution in [1.29, 1.82) is 0 Å². The minimum Gasteiger partial charge on any atom is -0.485 e. The van der Waals surface area contributed by atoms with E-state index >= 15 is 0 Å². The molecule has 4 rings (SSSR count). The van der Waals surface area contributed by atoms with E-state index in [1.165, 1.54) is 11.3 Å². The molecule has 1 fully saturated rings. The van der Waals surface area contributed by atoms with Gasteiger partial charge in [0.15, 0.2) is 11.5 Å². The Morgan fingerprint density at radius 2 is 2.04 bits per heavy atom. The van der Waals surface area contributed by atoms with E-state index in [0.29, 0.717) is 11.5 Å². The summed E-state index contributed by atoms with van der Waals surface area (Å²) < 4.78 is 11.3. The molecule has 2 N–H and O–H groups in total. The second-order valence-electron chi connectivity index (χ2n) is 6.26. The molecule has 0 bridgehead atoms. The van der Waals surface area contributed by atoms with Crippen molar-refractivity contribution in [2.24, 2.45) is 5.92 Å². The number of thiophene rings is 1. The highest BCUT2D eigenvalue weighted by atomic mass is 32.1. The maximum Gasteiger partial charge on any atom is 0.264 e. The third-order valence-electron chi connectivity index (χ3n) is 4.53. The SMILES string of the molecule is O=C(NC[C@](O)(c1cccs1)C1CC1)[C@H]1COc2ccccc2O1. The topological polar surface area (TPSA) is 67.8 Å². The highest BCUT2D eigenvalue weighted by Gasteiger charge is 2.46. The summed E-state index contributed by atoms with van der Waals surface area (Å²) in [5, 5.41) is 15.8. The molecule has 5 nitrogen and oxygen atoms in total. The molecule has 0 unspecified atom stereocenters. The zero-order chi connectivity index (χ0) is 16.6. The van der Waals surface area contributed by atoms with Gasteiger partial charge in [-0.2, -0.15) is 0 Å². The molecule has 1 aromatic carbocycles. The molecule has 2 heterocycles. The average Bonchev–Trinajstić information content (AvgIpc) is 3.34. The zero-order valence-corrected chi connectivity index (χ0v) is 13.9. The van der Waals surface area contributed by atoms with Crippen LogP contribution in [-0.2, 0) is 10.4 Å². The van der Waals surface area contributed by atoms with Gasteiger partial charge in [-0.15, -0.1) is 11.3 Å². The van der Waals surface area contributed by atoms with Crippen molar-refractivity contribution in [3.8, 4) is 11.5 Å². The first-order valence-electron chi connectivity index (χ1n) is 8.09. The number of nitrogens with one attached hydrogen (secondary N) is 1. The Bertz CT molecular complexity index is 728. The van der Waals surface area contributed by atoms with Crippen LogP contribution >= 0.6 is 11.3 Å². The first kappa shape index (κ1) is 15.5. The number of rotatable bonds is 5. The molecular weight excluding hydrogens is 326 g/mol. The van der Waals surface area contributed by atoms with Crippen LogP contribution < -0.4 is 14.8 Å². The first-order valence-corrected chi connectivity index (χ1v) is 8.97. The second-order valence-corrected chi connectivity index (χ2v) is 7.21. The summed E-state index contributed by atoms with van der Waals surface area (Å²) in [4.78, 5) is 13.3. The molecule has 1 aliphatic carbocycles. The molecule has 0 spiro atoms. The summed E-state index contributed by atoms with van der Waals surface area (Å²) >= 11 is 1.52. The number of fused-ring (bicyclic) bond motifs is 1. The van der Waals surface area contributed by atoms with E-state index in [-0.39, 0.29) is 25.0 Å². The Hall–Kier alpha value is -2.05. The molecule has 1 aromatic heterocycles. The monoisotopic (exact) mass is 345 g/mol. The van der Waals surface area contributed by atoms with E-state index in [9.17, 15) is 9.90 Å². The molecule has 1 saturated carbocycles. The number of amides is 1. The summed E-state index contributed by atoms with van der Waals surface area (Å²) in [7, 11) is 0. The molecule has 6 heteroatoms. The Morgan fingerprint density at radius 1 is 1.25 bits per heavy atom. The fourth-order valence-corrected chi connectivity index (χ4v) is 3.91. The summed E-state index contributed by atoms with van der Waals surface area (Å²) in [6.07, 6.45) is 1.27. The average molecular weight is 345 g/mol. The number of carbonyl (C=O) groups is 1. The van der Waals surface area contributed by atoms with Crippen LogP contribution in [0, 0.1) is 5.92 Å². The molecule has 126 valence electrons. The maximum atomic E-state index is 12.4. The molecule has 0 radical (unpaired) electrons. The van der Waals surface area contributed by atoms with Gasteiger partial charge in [0, 0.05) is 4.88 Å². The van der Waals surface area contributed by atoms with Crippen LogP contribution in [0.5, 0.6) is 11.5 Å². The molecule has 2 aliphatic rings. The first-order chi connectivity index (χ1) is 11.7. The smallest absolute Gasteiger partial charge is 0.264 e. The van der Waals surface area contributed by atoms with Crippen LogP contribution in [0.3, 0.4) is 0 Å². The van der Waals surface area contributed by atoms with Gasteiger partial charge in [0.05, 0.1) is 6.54 Å². The lowest BCUT2D eigenvalue weighted by molar-refractivity contribution is -0.132. The van der Waals surface area contributed by atoms with Crippen molar-refractivity contribution in [2.45, 2.75) is 24.5 Å². The minimum absolute atomic E-state index is 0.170. The van der Waals surface area contributed by atoms with Gasteiger partial charge >= 0.3 is 0 Å². The van der Waals surface area contributed by atoms with Gasteiger partial charge in [0.2, 0.25) is 6.10 Å². The second kappa shape index (κ2) is 6.11. The Labute approximate surface area is 144 Å². The Balaban J connectivity index is 1.41. The number of hydrogen-bond donors (Lipinski definition) is 2. The maximum absolute atomic E-state index is 12.4. The van der Waals surface area contributed by atoms with Crippen LogP contribution in [0.2, 0.25) is 0 Å². The van der Waals surface area contributed by atoms with Crippen LogP contribution in [0.1, 0.15) is 17.7 Å². The van der Waals surface area contributed by atoms with Gasteiger partial charge in [0.1, 0.15) is 12.2 Å². The van der Waals surface area contributed by atoms with Crippen molar-refractivity contribution in [3.05, 3.63) is 46.7 Å². The third kappa shape index (κ3) is 2.87. The molecule has 24 heavy (non-hydrogen) atoms. The highest BCUT2D eigenvalue weighted by Crippen LogP contribution is 2.46. The van der Waals surface area contributed by atoms with Crippen molar-refractivity contribution in [1.82, 2.24) is 5.32 Å².